The molecule has 7 heteroatoms. The smallest absolute Gasteiger partial charge is 0.267 e. The first-order chi connectivity index (χ1) is 13.6. The van der Waals surface area contributed by atoms with Crippen molar-refractivity contribution in [1.29, 1.82) is 0 Å². The van der Waals surface area contributed by atoms with Crippen molar-refractivity contribution in [3.8, 4) is 23.7 Å². The quantitative estimate of drug-likeness (QED) is 0.292. The van der Waals surface area contributed by atoms with Crippen LogP contribution in [-0.4, -0.2) is 34.7 Å². The van der Waals surface area contributed by atoms with E-state index in [1.165, 1.54) is 5.48 Å². The van der Waals surface area contributed by atoms with Crippen LogP contribution in [-0.2, 0) is 11.4 Å². The summed E-state index contributed by atoms with van der Waals surface area (Å²) in [5, 5.41) is 20.0. The lowest BCUT2D eigenvalue weighted by molar-refractivity contribution is -0.130. The van der Waals surface area contributed by atoms with Crippen molar-refractivity contribution < 1.29 is 19.9 Å². The number of hydroxylamine groups is 1. The summed E-state index contributed by atoms with van der Waals surface area (Å²) in [6, 6.07) is 12.6. The molecule has 2 aromatic rings. The van der Waals surface area contributed by atoms with E-state index in [2.05, 4.69) is 29.0 Å². The molecule has 6 N–H and O–H groups in total. The molecule has 1 atom stereocenters. The highest BCUT2D eigenvalue weighted by Crippen LogP contribution is 2.04. The molecule has 2 aromatic carbocycles. The van der Waals surface area contributed by atoms with Crippen LogP contribution in [0.3, 0.4) is 0 Å². The minimum absolute atomic E-state index is 0. The zero-order valence-electron chi connectivity index (χ0n) is 14.9. The minimum atomic E-state index is -1.03. The van der Waals surface area contributed by atoms with Gasteiger partial charge >= 0.3 is 0 Å². The molecule has 150 valence electrons. The van der Waals surface area contributed by atoms with Crippen LogP contribution in [0.4, 0.5) is 0 Å². The molecule has 0 saturated carbocycles. The van der Waals surface area contributed by atoms with Gasteiger partial charge in [-0.1, -0.05) is 31.4 Å². The molecule has 29 heavy (non-hydrogen) atoms. The SMILES string of the molecule is C.NC[C@H](NC(=O)c1ccc(C#CC#Cc2ccc(CO)cc2)cc1)C(=O)NO. The topological polar surface area (TPSA) is 125 Å². The molecule has 0 aliphatic heterocycles. The van der Waals surface area contributed by atoms with Gasteiger partial charge in [-0.05, 0) is 53.8 Å². The highest BCUT2D eigenvalue weighted by Gasteiger charge is 2.19. The Morgan fingerprint density at radius 1 is 0.966 bits per heavy atom. The van der Waals surface area contributed by atoms with E-state index < -0.39 is 17.9 Å². The van der Waals surface area contributed by atoms with Crippen LogP contribution in [0.1, 0.15) is 34.5 Å². The van der Waals surface area contributed by atoms with Crippen LogP contribution in [0.5, 0.6) is 0 Å². The first-order valence-electron chi connectivity index (χ1n) is 8.34. The summed E-state index contributed by atoms with van der Waals surface area (Å²) in [4.78, 5) is 23.5. The van der Waals surface area contributed by atoms with Gasteiger partial charge in [0, 0.05) is 23.2 Å². The average Bonchev–Trinajstić information content (AvgIpc) is 2.75. The third-order valence-corrected chi connectivity index (χ3v) is 3.73. The summed E-state index contributed by atoms with van der Waals surface area (Å²) in [7, 11) is 0. The van der Waals surface area contributed by atoms with Gasteiger partial charge in [-0.25, -0.2) is 5.48 Å². The summed E-state index contributed by atoms with van der Waals surface area (Å²) in [6.45, 7) is -0.161. The number of aliphatic hydroxyl groups excluding tert-OH is 1. The van der Waals surface area contributed by atoms with Gasteiger partial charge in [0.1, 0.15) is 6.04 Å². The lowest BCUT2D eigenvalue weighted by Gasteiger charge is -2.14. The van der Waals surface area contributed by atoms with Crippen LogP contribution in [0, 0.1) is 23.7 Å². The molecular formula is C22H23N3O4. The van der Waals surface area contributed by atoms with Crippen molar-refractivity contribution in [1.82, 2.24) is 10.8 Å². The lowest BCUT2D eigenvalue weighted by atomic mass is 10.1. The highest BCUT2D eigenvalue weighted by molar-refractivity contribution is 5.97. The Morgan fingerprint density at radius 3 is 1.93 bits per heavy atom. The van der Waals surface area contributed by atoms with Crippen LogP contribution >= 0.6 is 0 Å². The number of hydrogen-bond donors (Lipinski definition) is 5. The maximum Gasteiger partial charge on any atom is 0.267 e. The third kappa shape index (κ3) is 7.13. The molecule has 0 unspecified atom stereocenters. The zero-order chi connectivity index (χ0) is 20.4. The van der Waals surface area contributed by atoms with E-state index in [-0.39, 0.29) is 20.6 Å². The molecule has 0 saturated heterocycles. The Hall–Kier alpha value is -3.62. The van der Waals surface area contributed by atoms with Gasteiger partial charge in [0.05, 0.1) is 6.61 Å². The monoisotopic (exact) mass is 393 g/mol. The second-order valence-electron chi connectivity index (χ2n) is 5.67. The molecular weight excluding hydrogens is 370 g/mol. The maximum atomic E-state index is 12.1. The van der Waals surface area contributed by atoms with Gasteiger partial charge < -0.3 is 16.2 Å². The third-order valence-electron chi connectivity index (χ3n) is 3.73. The van der Waals surface area contributed by atoms with E-state index in [1.807, 2.05) is 0 Å². The molecule has 0 bridgehead atoms. The fraction of sp³-hybridized carbons (Fsp3) is 0.182. The number of carbonyl (C=O) groups excluding carboxylic acids is 2. The van der Waals surface area contributed by atoms with Gasteiger partial charge in [0.25, 0.3) is 11.8 Å². The first-order valence-corrected chi connectivity index (χ1v) is 8.34. The molecule has 2 amide bonds. The molecule has 0 radical (unpaired) electrons. The zero-order valence-corrected chi connectivity index (χ0v) is 14.9. The number of amides is 2. The number of nitrogens with two attached hydrogens (primary N) is 1. The largest absolute Gasteiger partial charge is 0.392 e. The van der Waals surface area contributed by atoms with Gasteiger partial charge in [0.15, 0.2) is 0 Å². The molecule has 7 nitrogen and oxygen atoms in total. The van der Waals surface area contributed by atoms with Gasteiger partial charge in [-0.3, -0.25) is 14.8 Å². The van der Waals surface area contributed by atoms with Gasteiger partial charge in [-0.15, -0.1) is 0 Å². The number of rotatable bonds is 5. The van der Waals surface area contributed by atoms with E-state index in [0.29, 0.717) is 11.1 Å². The van der Waals surface area contributed by atoms with Gasteiger partial charge in [-0.2, -0.15) is 0 Å². The Morgan fingerprint density at radius 2 is 1.48 bits per heavy atom. The fourth-order valence-corrected chi connectivity index (χ4v) is 2.16. The predicted octanol–water partition coefficient (Wildman–Crippen LogP) is 0.781. The molecule has 0 aromatic heterocycles. The number of benzene rings is 2. The van der Waals surface area contributed by atoms with Crippen LogP contribution in [0.25, 0.3) is 0 Å². The lowest BCUT2D eigenvalue weighted by Crippen LogP contribution is -2.50. The number of hydrogen-bond acceptors (Lipinski definition) is 5. The Labute approximate surface area is 169 Å². The van der Waals surface area contributed by atoms with Crippen molar-refractivity contribution in [2.75, 3.05) is 6.54 Å². The summed E-state index contributed by atoms with van der Waals surface area (Å²) in [6.07, 6.45) is 0. The molecule has 0 spiro atoms. The summed E-state index contributed by atoms with van der Waals surface area (Å²) in [5.74, 6) is 9.96. The standard InChI is InChI=1S/C21H19N3O4.CH4/c22-13-19(21(27)24-28)23-20(26)18-11-9-16(10-12-18)4-2-1-3-15-5-7-17(14-25)8-6-15;/h5-12,19,25,28H,13-14,22H2,(H,23,26)(H,24,27);1H4/t19-;/m0./s1. The Kier molecular flexibility index (Phi) is 9.66. The van der Waals surface area contributed by atoms with Crippen molar-refractivity contribution in [2.45, 2.75) is 20.1 Å². The molecule has 0 aliphatic carbocycles. The second-order valence-corrected chi connectivity index (χ2v) is 5.67. The summed E-state index contributed by atoms with van der Waals surface area (Å²) >= 11 is 0. The number of nitrogens with one attached hydrogen (secondary N) is 2. The van der Waals surface area contributed by atoms with Crippen LogP contribution in [0.2, 0.25) is 0 Å². The highest BCUT2D eigenvalue weighted by atomic mass is 16.5. The molecule has 0 fully saturated rings. The molecule has 0 heterocycles. The maximum absolute atomic E-state index is 12.1. The summed E-state index contributed by atoms with van der Waals surface area (Å²) < 4.78 is 0. The van der Waals surface area contributed by atoms with E-state index in [0.717, 1.165) is 11.1 Å². The van der Waals surface area contributed by atoms with E-state index in [1.54, 1.807) is 48.5 Å². The van der Waals surface area contributed by atoms with Crippen molar-refractivity contribution in [2.24, 2.45) is 5.73 Å². The van der Waals surface area contributed by atoms with E-state index in [4.69, 9.17) is 16.0 Å². The first kappa shape index (κ1) is 23.4. The van der Waals surface area contributed by atoms with Crippen molar-refractivity contribution in [3.05, 3.63) is 70.8 Å². The molecule has 2 rings (SSSR count). The number of carbonyl (C=O) groups is 2. The fourth-order valence-electron chi connectivity index (χ4n) is 2.16. The van der Waals surface area contributed by atoms with Crippen molar-refractivity contribution >= 4 is 11.8 Å². The Balaban J connectivity index is 0.00000420. The van der Waals surface area contributed by atoms with Crippen LogP contribution in [0.15, 0.2) is 48.5 Å². The van der Waals surface area contributed by atoms with Crippen LogP contribution < -0.4 is 16.5 Å². The minimum Gasteiger partial charge on any atom is -0.392 e. The van der Waals surface area contributed by atoms with E-state index in [9.17, 15) is 9.59 Å². The average molecular weight is 393 g/mol. The van der Waals surface area contributed by atoms with E-state index >= 15 is 0 Å². The van der Waals surface area contributed by atoms with Crippen molar-refractivity contribution in [3.63, 3.8) is 0 Å². The predicted molar refractivity (Wildman–Crippen MR) is 110 cm³/mol. The second kappa shape index (κ2) is 12.0. The normalized spacial score (nSPS) is 10.2. The van der Waals surface area contributed by atoms with Gasteiger partial charge in [0.2, 0.25) is 0 Å². The molecule has 0 aliphatic rings. The number of aliphatic hydroxyl groups is 1. The summed E-state index contributed by atoms with van der Waals surface area (Å²) in [5.41, 5.74) is 9.45. The Bertz CT molecular complexity index is 946.